The lowest BCUT2D eigenvalue weighted by Gasteiger charge is -2.11. The third kappa shape index (κ3) is 2.48. The Morgan fingerprint density at radius 3 is 2.17 bits per heavy atom. The summed E-state index contributed by atoms with van der Waals surface area (Å²) < 4.78 is 0. The Bertz CT molecular complexity index is 539. The fraction of sp³-hybridized carbons (Fsp3) is 0.143. The van der Waals surface area contributed by atoms with Crippen molar-refractivity contribution in [2.75, 3.05) is 0 Å². The summed E-state index contributed by atoms with van der Waals surface area (Å²) in [5.41, 5.74) is 2.86. The van der Waals surface area contributed by atoms with Gasteiger partial charge in [-0.25, -0.2) is 0 Å². The minimum Gasteiger partial charge on any atom is -0.0871 e. The minimum atomic E-state index is 0.321. The van der Waals surface area contributed by atoms with Crippen LogP contribution >= 0.6 is 46.4 Å². The molecular formula is C14H10Cl4. The van der Waals surface area contributed by atoms with E-state index in [1.807, 2.05) is 25.2 Å². The molecule has 0 fully saturated rings. The molecule has 0 bridgehead atoms. The Kier molecular flexibility index (Phi) is 4.45. The fourth-order valence-corrected chi connectivity index (χ4v) is 3.03. The SMILES string of the molecule is C/C=C/C1=CC(=C2C(Cl)=C(Cl)C(Cl)=C2Cl)CC=C1. The Labute approximate surface area is 127 Å². The van der Waals surface area contributed by atoms with Crippen molar-refractivity contribution < 1.29 is 0 Å². The predicted octanol–water partition coefficient (Wildman–Crippen LogP) is 6.14. The zero-order valence-corrected chi connectivity index (χ0v) is 12.6. The van der Waals surface area contributed by atoms with Gasteiger partial charge in [-0.15, -0.1) is 0 Å². The molecule has 94 valence electrons. The molecular weight excluding hydrogens is 310 g/mol. The number of hydrogen-bond donors (Lipinski definition) is 0. The summed E-state index contributed by atoms with van der Waals surface area (Å²) in [7, 11) is 0. The van der Waals surface area contributed by atoms with Crippen molar-refractivity contribution in [3.05, 3.63) is 67.2 Å². The van der Waals surface area contributed by atoms with E-state index in [1.165, 1.54) is 0 Å². The zero-order chi connectivity index (χ0) is 13.3. The molecule has 0 nitrogen and oxygen atoms in total. The number of allylic oxidation sites excluding steroid dienone is 12. The summed E-state index contributed by atoms with van der Waals surface area (Å²) in [6, 6.07) is 0. The van der Waals surface area contributed by atoms with Gasteiger partial charge in [0.1, 0.15) is 0 Å². The summed E-state index contributed by atoms with van der Waals surface area (Å²) in [6.07, 6.45) is 10.9. The van der Waals surface area contributed by atoms with Crippen molar-refractivity contribution in [1.29, 1.82) is 0 Å². The third-order valence-electron chi connectivity index (χ3n) is 2.69. The lowest BCUT2D eigenvalue weighted by molar-refractivity contribution is 1.22. The first-order valence-electron chi connectivity index (χ1n) is 5.42. The molecule has 4 heteroatoms. The minimum absolute atomic E-state index is 0.321. The van der Waals surface area contributed by atoms with E-state index >= 15 is 0 Å². The van der Waals surface area contributed by atoms with Crippen LogP contribution in [0.25, 0.3) is 0 Å². The molecule has 0 amide bonds. The molecule has 0 aromatic carbocycles. The van der Waals surface area contributed by atoms with Gasteiger partial charge in [-0.2, -0.15) is 0 Å². The smallest absolute Gasteiger partial charge is 0.0800 e. The normalized spacial score (nSPS) is 20.6. The molecule has 0 saturated carbocycles. The highest BCUT2D eigenvalue weighted by Gasteiger charge is 2.27. The summed E-state index contributed by atoms with van der Waals surface area (Å²) in [4.78, 5) is 0. The van der Waals surface area contributed by atoms with Crippen LogP contribution in [0.4, 0.5) is 0 Å². The second kappa shape index (κ2) is 5.71. The first-order chi connectivity index (χ1) is 8.56. The Balaban J connectivity index is 2.55. The van der Waals surface area contributed by atoms with Gasteiger partial charge in [0.15, 0.2) is 0 Å². The van der Waals surface area contributed by atoms with E-state index in [1.54, 1.807) is 0 Å². The Hall–Kier alpha value is -0.400. The lowest BCUT2D eigenvalue weighted by atomic mass is 9.97. The van der Waals surface area contributed by atoms with Crippen LogP contribution in [-0.2, 0) is 0 Å². The average Bonchev–Trinajstić information content (AvgIpc) is 2.55. The van der Waals surface area contributed by atoms with Gasteiger partial charge < -0.3 is 0 Å². The summed E-state index contributed by atoms with van der Waals surface area (Å²) in [5, 5.41) is 1.49. The molecule has 2 aliphatic rings. The maximum absolute atomic E-state index is 6.18. The first-order valence-corrected chi connectivity index (χ1v) is 6.93. The van der Waals surface area contributed by atoms with Gasteiger partial charge in [-0.3, -0.25) is 0 Å². The van der Waals surface area contributed by atoms with Gasteiger partial charge in [0.2, 0.25) is 0 Å². The molecule has 0 aromatic rings. The Morgan fingerprint density at radius 1 is 1.00 bits per heavy atom. The van der Waals surface area contributed by atoms with Gasteiger partial charge >= 0.3 is 0 Å². The summed E-state index contributed by atoms with van der Waals surface area (Å²) in [6.45, 7) is 1.97. The van der Waals surface area contributed by atoms with Crippen LogP contribution in [0.2, 0.25) is 0 Å². The third-order valence-corrected chi connectivity index (χ3v) is 4.49. The number of rotatable bonds is 1. The second-order valence-electron chi connectivity index (χ2n) is 3.91. The average molecular weight is 320 g/mol. The van der Waals surface area contributed by atoms with Crippen molar-refractivity contribution in [3.63, 3.8) is 0 Å². The lowest BCUT2D eigenvalue weighted by Crippen LogP contribution is -1.93. The molecule has 0 N–H and O–H groups in total. The monoisotopic (exact) mass is 318 g/mol. The highest BCUT2D eigenvalue weighted by molar-refractivity contribution is 6.55. The van der Waals surface area contributed by atoms with E-state index in [9.17, 15) is 0 Å². The topological polar surface area (TPSA) is 0 Å². The molecule has 0 heterocycles. The molecule has 0 saturated heterocycles. The molecule has 0 spiro atoms. The van der Waals surface area contributed by atoms with E-state index in [2.05, 4.69) is 12.2 Å². The van der Waals surface area contributed by atoms with E-state index in [0.29, 0.717) is 20.1 Å². The highest BCUT2D eigenvalue weighted by Crippen LogP contribution is 2.47. The summed E-state index contributed by atoms with van der Waals surface area (Å²) >= 11 is 24.4. The number of halogens is 4. The van der Waals surface area contributed by atoms with Crippen molar-refractivity contribution >= 4 is 46.4 Å². The molecule has 18 heavy (non-hydrogen) atoms. The molecule has 0 radical (unpaired) electrons. The van der Waals surface area contributed by atoms with Crippen LogP contribution in [0, 0.1) is 0 Å². The van der Waals surface area contributed by atoms with E-state index in [0.717, 1.165) is 23.1 Å². The Morgan fingerprint density at radius 2 is 1.61 bits per heavy atom. The maximum atomic E-state index is 6.18. The molecule has 2 rings (SSSR count). The van der Waals surface area contributed by atoms with Crippen LogP contribution in [0.3, 0.4) is 0 Å². The largest absolute Gasteiger partial charge is 0.0871 e. The first kappa shape index (κ1) is 14.0. The van der Waals surface area contributed by atoms with Crippen molar-refractivity contribution in [2.45, 2.75) is 13.3 Å². The van der Waals surface area contributed by atoms with Crippen molar-refractivity contribution in [2.24, 2.45) is 0 Å². The van der Waals surface area contributed by atoms with Gasteiger partial charge in [0.25, 0.3) is 0 Å². The van der Waals surface area contributed by atoms with Crippen LogP contribution < -0.4 is 0 Å². The number of hydrogen-bond acceptors (Lipinski definition) is 0. The fourth-order valence-electron chi connectivity index (χ4n) is 1.89. The van der Waals surface area contributed by atoms with E-state index in [-0.39, 0.29) is 0 Å². The van der Waals surface area contributed by atoms with Crippen LogP contribution in [0.1, 0.15) is 13.3 Å². The molecule has 2 aliphatic carbocycles. The summed E-state index contributed by atoms with van der Waals surface area (Å²) in [5.74, 6) is 0. The quantitative estimate of drug-likeness (QED) is 0.544. The van der Waals surface area contributed by atoms with Crippen LogP contribution in [0.15, 0.2) is 67.2 Å². The van der Waals surface area contributed by atoms with Crippen molar-refractivity contribution in [3.8, 4) is 0 Å². The van der Waals surface area contributed by atoms with Gasteiger partial charge in [-0.05, 0) is 24.5 Å². The van der Waals surface area contributed by atoms with Gasteiger partial charge in [0.05, 0.1) is 20.1 Å². The maximum Gasteiger partial charge on any atom is 0.0800 e. The van der Waals surface area contributed by atoms with E-state index < -0.39 is 0 Å². The highest BCUT2D eigenvalue weighted by atomic mass is 35.5. The van der Waals surface area contributed by atoms with E-state index in [4.69, 9.17) is 46.4 Å². The zero-order valence-electron chi connectivity index (χ0n) is 9.61. The van der Waals surface area contributed by atoms with Crippen LogP contribution in [-0.4, -0.2) is 0 Å². The second-order valence-corrected chi connectivity index (χ2v) is 5.42. The standard InChI is InChI=1S/C14H10Cl4/c1-2-4-8-5-3-6-9(7-8)10-11(15)13(17)14(18)12(10)16/h2-5,7H,6H2,1H3/b4-2+. The molecule has 0 atom stereocenters. The van der Waals surface area contributed by atoms with Gasteiger partial charge in [0, 0.05) is 5.57 Å². The molecule has 0 unspecified atom stereocenters. The van der Waals surface area contributed by atoms with Crippen molar-refractivity contribution in [1.82, 2.24) is 0 Å². The predicted molar refractivity (Wildman–Crippen MR) is 81.1 cm³/mol. The van der Waals surface area contributed by atoms with Crippen LogP contribution in [0.5, 0.6) is 0 Å². The van der Waals surface area contributed by atoms with Gasteiger partial charge in [-0.1, -0.05) is 76.8 Å². The molecule has 0 aromatic heterocycles. The molecule has 0 aliphatic heterocycles.